The van der Waals surface area contributed by atoms with E-state index in [1.165, 1.54) is 12.5 Å². The highest BCUT2D eigenvalue weighted by Gasteiger charge is 2.25. The number of hydrogen-bond acceptors (Lipinski definition) is 3. The van der Waals surface area contributed by atoms with Crippen LogP contribution >= 0.6 is 0 Å². The van der Waals surface area contributed by atoms with Crippen molar-refractivity contribution >= 4 is 28.8 Å². The lowest BCUT2D eigenvalue weighted by molar-refractivity contribution is 0.0652. The molecule has 1 saturated heterocycles. The molecule has 1 aliphatic heterocycles. The molecule has 29 heavy (non-hydrogen) atoms. The zero-order valence-electron chi connectivity index (χ0n) is 16.6. The van der Waals surface area contributed by atoms with Crippen LogP contribution in [0, 0.1) is 0 Å². The van der Waals surface area contributed by atoms with E-state index < -0.39 is 0 Å². The van der Waals surface area contributed by atoms with Crippen molar-refractivity contribution in [2.75, 3.05) is 32.7 Å². The van der Waals surface area contributed by atoms with Gasteiger partial charge in [-0.15, -0.1) is 0 Å². The topological polar surface area (TPSA) is 45.6 Å². The maximum Gasteiger partial charge on any atom is 0.256 e. The van der Waals surface area contributed by atoms with E-state index in [2.05, 4.69) is 29.2 Å². The number of benzene rings is 2. The van der Waals surface area contributed by atoms with Crippen LogP contribution in [0.2, 0.25) is 0 Å². The van der Waals surface area contributed by atoms with Gasteiger partial charge in [-0.2, -0.15) is 0 Å². The summed E-state index contributed by atoms with van der Waals surface area (Å²) in [5, 5.41) is 0.834. The average Bonchev–Trinajstić information content (AvgIpc) is 3.15. The first-order valence-electron chi connectivity index (χ1n) is 9.98. The van der Waals surface area contributed by atoms with Crippen molar-refractivity contribution in [2.24, 2.45) is 0 Å². The Hall–Kier alpha value is -3.18. The summed E-state index contributed by atoms with van der Waals surface area (Å²) in [6, 6.07) is 17.8. The molecule has 1 amide bonds. The Kier molecular flexibility index (Phi) is 5.58. The van der Waals surface area contributed by atoms with Crippen LogP contribution in [0.25, 0.3) is 17.0 Å². The third-order valence-corrected chi connectivity index (χ3v) is 5.41. The summed E-state index contributed by atoms with van der Waals surface area (Å²) in [5.74, 6) is -0.0871. The van der Waals surface area contributed by atoms with Crippen LogP contribution < -0.4 is 0 Å². The Morgan fingerprint density at radius 1 is 0.931 bits per heavy atom. The fourth-order valence-corrected chi connectivity index (χ4v) is 3.82. The minimum absolute atomic E-state index is 0.000627. The lowest BCUT2D eigenvalue weighted by Crippen LogP contribution is -2.48. The van der Waals surface area contributed by atoms with Crippen molar-refractivity contribution < 1.29 is 9.59 Å². The van der Waals surface area contributed by atoms with E-state index in [9.17, 15) is 9.59 Å². The molecule has 0 radical (unpaired) electrons. The monoisotopic (exact) mass is 387 g/mol. The lowest BCUT2D eigenvalue weighted by Gasteiger charge is -2.34. The van der Waals surface area contributed by atoms with Crippen molar-refractivity contribution in [1.29, 1.82) is 0 Å². The number of fused-ring (bicyclic) bond motifs is 1. The summed E-state index contributed by atoms with van der Waals surface area (Å²) in [6.45, 7) is 5.46. The van der Waals surface area contributed by atoms with Gasteiger partial charge in [0.2, 0.25) is 5.91 Å². The van der Waals surface area contributed by atoms with E-state index in [0.717, 1.165) is 30.5 Å². The highest BCUT2D eigenvalue weighted by molar-refractivity contribution is 6.09. The SMILES string of the molecule is CC(=O)n1cc(C(=O)N2CCN(C/C=C/c3ccccc3)CC2)c2ccccc21. The fraction of sp³-hybridized carbons (Fsp3) is 0.250. The number of rotatable bonds is 4. The quantitative estimate of drug-likeness (QED) is 0.685. The smallest absolute Gasteiger partial charge is 0.256 e. The van der Waals surface area contributed by atoms with Gasteiger partial charge in [0.15, 0.2) is 0 Å². The van der Waals surface area contributed by atoms with Gasteiger partial charge in [-0.05, 0) is 11.6 Å². The molecule has 0 aliphatic carbocycles. The van der Waals surface area contributed by atoms with Crippen LogP contribution in [0.15, 0.2) is 66.9 Å². The largest absolute Gasteiger partial charge is 0.336 e. The molecular weight excluding hydrogens is 362 g/mol. The Balaban J connectivity index is 1.40. The molecule has 0 spiro atoms. The molecule has 1 aliphatic rings. The van der Waals surface area contributed by atoms with Gasteiger partial charge in [0.05, 0.1) is 11.1 Å². The highest BCUT2D eigenvalue weighted by atomic mass is 16.2. The van der Waals surface area contributed by atoms with Gasteiger partial charge in [0.1, 0.15) is 0 Å². The van der Waals surface area contributed by atoms with E-state index in [1.807, 2.05) is 47.4 Å². The number of carbonyl (C=O) groups excluding carboxylic acids is 2. The first-order chi connectivity index (χ1) is 14.1. The Morgan fingerprint density at radius 3 is 2.34 bits per heavy atom. The zero-order valence-corrected chi connectivity index (χ0v) is 16.6. The Bertz CT molecular complexity index is 1040. The van der Waals surface area contributed by atoms with E-state index in [0.29, 0.717) is 18.7 Å². The van der Waals surface area contributed by atoms with Gasteiger partial charge in [-0.3, -0.25) is 19.1 Å². The molecule has 0 saturated carbocycles. The molecule has 1 aromatic heterocycles. The average molecular weight is 387 g/mol. The molecule has 5 nitrogen and oxygen atoms in total. The molecule has 0 unspecified atom stereocenters. The second-order valence-corrected chi connectivity index (χ2v) is 7.35. The molecule has 4 rings (SSSR count). The Morgan fingerprint density at radius 2 is 1.62 bits per heavy atom. The number of carbonyl (C=O) groups is 2. The first kappa shape index (κ1) is 19.2. The minimum atomic E-state index is -0.0877. The maximum atomic E-state index is 13.1. The fourth-order valence-electron chi connectivity index (χ4n) is 3.82. The predicted molar refractivity (Wildman–Crippen MR) is 116 cm³/mol. The van der Waals surface area contributed by atoms with Crippen LogP contribution in [0.1, 0.15) is 27.6 Å². The minimum Gasteiger partial charge on any atom is -0.336 e. The molecule has 3 aromatic rings. The first-order valence-corrected chi connectivity index (χ1v) is 9.98. The summed E-state index contributed by atoms with van der Waals surface area (Å²) >= 11 is 0. The maximum absolute atomic E-state index is 13.1. The zero-order chi connectivity index (χ0) is 20.2. The van der Waals surface area contributed by atoms with Crippen molar-refractivity contribution in [3.8, 4) is 0 Å². The van der Waals surface area contributed by atoms with Gasteiger partial charge < -0.3 is 4.90 Å². The molecule has 2 aromatic carbocycles. The molecule has 5 heteroatoms. The third kappa shape index (κ3) is 4.15. The van der Waals surface area contributed by atoms with E-state index in [1.54, 1.807) is 10.8 Å². The lowest BCUT2D eigenvalue weighted by atomic mass is 10.1. The molecule has 2 heterocycles. The summed E-state index contributed by atoms with van der Waals surface area (Å²) in [4.78, 5) is 29.3. The molecule has 148 valence electrons. The summed E-state index contributed by atoms with van der Waals surface area (Å²) in [7, 11) is 0. The number of piperazine rings is 1. The van der Waals surface area contributed by atoms with Gasteiger partial charge in [-0.1, -0.05) is 60.7 Å². The van der Waals surface area contributed by atoms with Gasteiger partial charge in [-0.25, -0.2) is 0 Å². The predicted octanol–water partition coefficient (Wildman–Crippen LogP) is 3.77. The van der Waals surface area contributed by atoms with Crippen LogP contribution in [0.5, 0.6) is 0 Å². The highest BCUT2D eigenvalue weighted by Crippen LogP contribution is 2.23. The number of para-hydroxylation sites is 1. The number of aromatic nitrogens is 1. The van der Waals surface area contributed by atoms with Crippen LogP contribution in [0.3, 0.4) is 0 Å². The van der Waals surface area contributed by atoms with Gasteiger partial charge in [0, 0.05) is 51.2 Å². The van der Waals surface area contributed by atoms with Gasteiger partial charge in [0.25, 0.3) is 5.91 Å². The standard InChI is InChI=1S/C24H25N3O2/c1-19(28)27-18-22(21-11-5-6-12-23(21)27)24(29)26-16-14-25(15-17-26)13-7-10-20-8-3-2-4-9-20/h2-12,18H,13-17H2,1H3/b10-7+. The van der Waals surface area contributed by atoms with Crippen molar-refractivity contribution in [1.82, 2.24) is 14.4 Å². The molecule has 0 bridgehead atoms. The molecule has 0 N–H and O–H groups in total. The molecule has 1 fully saturated rings. The summed E-state index contributed by atoms with van der Waals surface area (Å²) in [6.07, 6.45) is 5.99. The molecular formula is C24H25N3O2. The van der Waals surface area contributed by atoms with E-state index >= 15 is 0 Å². The number of amides is 1. The van der Waals surface area contributed by atoms with Gasteiger partial charge >= 0.3 is 0 Å². The molecule has 0 atom stereocenters. The normalized spacial score (nSPS) is 15.3. The van der Waals surface area contributed by atoms with Crippen LogP contribution in [-0.4, -0.2) is 58.9 Å². The Labute approximate surface area is 170 Å². The van der Waals surface area contributed by atoms with E-state index in [-0.39, 0.29) is 11.8 Å². The van der Waals surface area contributed by atoms with Crippen molar-refractivity contribution in [3.63, 3.8) is 0 Å². The van der Waals surface area contributed by atoms with Crippen molar-refractivity contribution in [3.05, 3.63) is 78.0 Å². The second kappa shape index (κ2) is 8.45. The summed E-state index contributed by atoms with van der Waals surface area (Å²) < 4.78 is 1.56. The number of nitrogens with zero attached hydrogens (tertiary/aromatic N) is 3. The summed E-state index contributed by atoms with van der Waals surface area (Å²) in [5.41, 5.74) is 2.59. The third-order valence-electron chi connectivity index (χ3n) is 5.41. The second-order valence-electron chi connectivity index (χ2n) is 7.35. The van der Waals surface area contributed by atoms with Crippen LogP contribution in [0.4, 0.5) is 0 Å². The van der Waals surface area contributed by atoms with Crippen molar-refractivity contribution in [2.45, 2.75) is 6.92 Å². The number of hydrogen-bond donors (Lipinski definition) is 0. The van der Waals surface area contributed by atoms with Crippen LogP contribution in [-0.2, 0) is 0 Å². The van der Waals surface area contributed by atoms with E-state index in [4.69, 9.17) is 0 Å².